The fourth-order valence-corrected chi connectivity index (χ4v) is 2.41. The summed E-state index contributed by atoms with van der Waals surface area (Å²) in [7, 11) is 0. The van der Waals surface area contributed by atoms with Crippen LogP contribution in [0.3, 0.4) is 0 Å². The van der Waals surface area contributed by atoms with Gasteiger partial charge in [0.2, 0.25) is 0 Å². The van der Waals surface area contributed by atoms with Gasteiger partial charge in [0.1, 0.15) is 5.76 Å². The van der Waals surface area contributed by atoms with Gasteiger partial charge in [-0.25, -0.2) is 0 Å². The zero-order chi connectivity index (χ0) is 13.7. The molecule has 1 N–H and O–H groups in total. The SMILES string of the molecule is CCN1CCN(Cc2cc(CNC(C)C)co2)CC1. The van der Waals surface area contributed by atoms with Crippen LogP contribution in [0.4, 0.5) is 0 Å². The summed E-state index contributed by atoms with van der Waals surface area (Å²) >= 11 is 0. The molecule has 0 amide bonds. The first-order valence-electron chi connectivity index (χ1n) is 7.41. The molecule has 19 heavy (non-hydrogen) atoms. The molecule has 0 aliphatic carbocycles. The fourth-order valence-electron chi connectivity index (χ4n) is 2.41. The Labute approximate surface area is 116 Å². The van der Waals surface area contributed by atoms with Gasteiger partial charge in [-0.3, -0.25) is 4.90 Å². The quantitative estimate of drug-likeness (QED) is 0.851. The summed E-state index contributed by atoms with van der Waals surface area (Å²) < 4.78 is 5.66. The molecule has 1 saturated heterocycles. The number of piperazine rings is 1. The summed E-state index contributed by atoms with van der Waals surface area (Å²) in [6.07, 6.45) is 1.88. The molecule has 0 bridgehead atoms. The number of rotatable bonds is 6. The van der Waals surface area contributed by atoms with Crippen LogP contribution < -0.4 is 5.32 Å². The van der Waals surface area contributed by atoms with Crippen LogP contribution in [0.5, 0.6) is 0 Å². The van der Waals surface area contributed by atoms with Gasteiger partial charge in [0, 0.05) is 44.3 Å². The van der Waals surface area contributed by atoms with Crippen molar-refractivity contribution in [3.8, 4) is 0 Å². The minimum Gasteiger partial charge on any atom is -0.468 e. The maximum Gasteiger partial charge on any atom is 0.118 e. The van der Waals surface area contributed by atoms with E-state index in [1.54, 1.807) is 0 Å². The number of hydrogen-bond acceptors (Lipinski definition) is 4. The Bertz CT molecular complexity index is 367. The average Bonchev–Trinajstić information content (AvgIpc) is 2.85. The van der Waals surface area contributed by atoms with Gasteiger partial charge in [-0.05, 0) is 12.6 Å². The van der Waals surface area contributed by atoms with Crippen molar-refractivity contribution in [1.82, 2.24) is 15.1 Å². The molecule has 1 aromatic heterocycles. The molecule has 1 aromatic rings. The summed E-state index contributed by atoms with van der Waals surface area (Å²) in [5.74, 6) is 1.09. The van der Waals surface area contributed by atoms with Crippen LogP contribution in [-0.2, 0) is 13.1 Å². The molecule has 1 fully saturated rings. The second kappa shape index (κ2) is 7.08. The standard InChI is InChI=1S/C15H27N3O/c1-4-17-5-7-18(8-6-17)11-15-9-14(12-19-15)10-16-13(2)3/h9,12-13,16H,4-8,10-11H2,1-3H3. The van der Waals surface area contributed by atoms with Crippen molar-refractivity contribution >= 4 is 0 Å². The minimum absolute atomic E-state index is 0.514. The summed E-state index contributed by atoms with van der Waals surface area (Å²) in [5.41, 5.74) is 1.25. The van der Waals surface area contributed by atoms with Crippen LogP contribution in [0.1, 0.15) is 32.1 Å². The normalized spacial score (nSPS) is 18.3. The maximum absolute atomic E-state index is 5.66. The number of nitrogens with zero attached hydrogens (tertiary/aromatic N) is 2. The third-order valence-electron chi connectivity index (χ3n) is 3.71. The van der Waals surface area contributed by atoms with Crippen LogP contribution in [0, 0.1) is 0 Å². The van der Waals surface area contributed by atoms with E-state index in [9.17, 15) is 0 Å². The summed E-state index contributed by atoms with van der Waals surface area (Å²) in [4.78, 5) is 4.97. The molecule has 0 unspecified atom stereocenters. The molecule has 0 saturated carbocycles. The number of nitrogens with one attached hydrogen (secondary N) is 1. The van der Waals surface area contributed by atoms with Crippen LogP contribution in [-0.4, -0.2) is 48.6 Å². The van der Waals surface area contributed by atoms with E-state index in [0.717, 1.165) is 31.9 Å². The second-order valence-electron chi connectivity index (χ2n) is 5.67. The van der Waals surface area contributed by atoms with Gasteiger partial charge >= 0.3 is 0 Å². The van der Waals surface area contributed by atoms with Crippen molar-refractivity contribution < 1.29 is 4.42 Å². The Hall–Kier alpha value is -0.840. The Kier molecular flexibility index (Phi) is 5.43. The number of likely N-dealkylation sites (N-methyl/N-ethyl adjacent to an activating group) is 1. The van der Waals surface area contributed by atoms with Crippen molar-refractivity contribution in [2.24, 2.45) is 0 Å². The van der Waals surface area contributed by atoms with E-state index in [-0.39, 0.29) is 0 Å². The molecule has 0 spiro atoms. The average molecular weight is 265 g/mol. The van der Waals surface area contributed by atoms with Gasteiger partial charge in [-0.15, -0.1) is 0 Å². The molecular formula is C15H27N3O. The molecular weight excluding hydrogens is 238 g/mol. The van der Waals surface area contributed by atoms with Crippen LogP contribution in [0.25, 0.3) is 0 Å². The highest BCUT2D eigenvalue weighted by atomic mass is 16.3. The lowest BCUT2D eigenvalue weighted by molar-refractivity contribution is 0.125. The molecule has 1 aliphatic heterocycles. The van der Waals surface area contributed by atoms with Gasteiger partial charge < -0.3 is 14.6 Å². The molecule has 4 nitrogen and oxygen atoms in total. The Balaban J connectivity index is 1.77. The summed E-state index contributed by atoms with van der Waals surface area (Å²) in [6, 6.07) is 2.70. The van der Waals surface area contributed by atoms with Gasteiger partial charge in [0.05, 0.1) is 12.8 Å². The Morgan fingerprint density at radius 3 is 2.53 bits per heavy atom. The van der Waals surface area contributed by atoms with E-state index >= 15 is 0 Å². The lowest BCUT2D eigenvalue weighted by atomic mass is 10.2. The zero-order valence-electron chi connectivity index (χ0n) is 12.5. The Morgan fingerprint density at radius 2 is 1.89 bits per heavy atom. The highest BCUT2D eigenvalue weighted by molar-refractivity contribution is 5.12. The molecule has 108 valence electrons. The van der Waals surface area contributed by atoms with Gasteiger partial charge in [-0.1, -0.05) is 20.8 Å². The molecule has 0 atom stereocenters. The van der Waals surface area contributed by atoms with Crippen LogP contribution >= 0.6 is 0 Å². The van der Waals surface area contributed by atoms with E-state index in [1.165, 1.54) is 25.2 Å². The van der Waals surface area contributed by atoms with Gasteiger partial charge in [-0.2, -0.15) is 0 Å². The minimum atomic E-state index is 0.514. The molecule has 1 aliphatic rings. The molecule has 0 radical (unpaired) electrons. The highest BCUT2D eigenvalue weighted by Crippen LogP contribution is 2.12. The number of hydrogen-bond donors (Lipinski definition) is 1. The molecule has 0 aromatic carbocycles. The molecule has 2 rings (SSSR count). The fraction of sp³-hybridized carbons (Fsp3) is 0.733. The van der Waals surface area contributed by atoms with E-state index in [2.05, 4.69) is 42.0 Å². The zero-order valence-corrected chi connectivity index (χ0v) is 12.5. The third-order valence-corrected chi connectivity index (χ3v) is 3.71. The first kappa shape index (κ1) is 14.6. The predicted molar refractivity (Wildman–Crippen MR) is 78.1 cm³/mol. The summed E-state index contributed by atoms with van der Waals surface area (Å²) in [6.45, 7) is 14.2. The second-order valence-corrected chi connectivity index (χ2v) is 5.67. The lowest BCUT2D eigenvalue weighted by Gasteiger charge is -2.33. The van der Waals surface area contributed by atoms with Gasteiger partial charge in [0.25, 0.3) is 0 Å². The third kappa shape index (κ3) is 4.64. The van der Waals surface area contributed by atoms with Gasteiger partial charge in [0.15, 0.2) is 0 Å². The van der Waals surface area contributed by atoms with E-state index in [4.69, 9.17) is 4.42 Å². The highest BCUT2D eigenvalue weighted by Gasteiger charge is 2.16. The van der Waals surface area contributed by atoms with E-state index in [0.29, 0.717) is 6.04 Å². The largest absolute Gasteiger partial charge is 0.468 e. The predicted octanol–water partition coefficient (Wildman–Crippen LogP) is 1.92. The van der Waals surface area contributed by atoms with E-state index in [1.807, 2.05) is 6.26 Å². The van der Waals surface area contributed by atoms with Crippen LogP contribution in [0.2, 0.25) is 0 Å². The van der Waals surface area contributed by atoms with Crippen molar-refractivity contribution in [1.29, 1.82) is 0 Å². The molecule has 2 heterocycles. The van der Waals surface area contributed by atoms with Crippen molar-refractivity contribution in [3.05, 3.63) is 23.7 Å². The first-order chi connectivity index (χ1) is 9.17. The Morgan fingerprint density at radius 1 is 1.21 bits per heavy atom. The van der Waals surface area contributed by atoms with Crippen molar-refractivity contribution in [2.45, 2.75) is 39.9 Å². The molecule has 4 heteroatoms. The van der Waals surface area contributed by atoms with Crippen molar-refractivity contribution in [3.63, 3.8) is 0 Å². The monoisotopic (exact) mass is 265 g/mol. The van der Waals surface area contributed by atoms with Crippen molar-refractivity contribution in [2.75, 3.05) is 32.7 Å². The summed E-state index contributed by atoms with van der Waals surface area (Å²) in [5, 5.41) is 3.41. The maximum atomic E-state index is 5.66. The topological polar surface area (TPSA) is 31.6 Å². The lowest BCUT2D eigenvalue weighted by Crippen LogP contribution is -2.45. The van der Waals surface area contributed by atoms with E-state index < -0.39 is 0 Å². The number of furan rings is 1. The first-order valence-corrected chi connectivity index (χ1v) is 7.41. The van der Waals surface area contributed by atoms with Crippen LogP contribution in [0.15, 0.2) is 16.7 Å². The smallest absolute Gasteiger partial charge is 0.118 e.